The van der Waals surface area contributed by atoms with E-state index >= 15 is 0 Å². The first kappa shape index (κ1) is 21.2. The summed E-state index contributed by atoms with van der Waals surface area (Å²) in [6.45, 7) is 2.13. The third kappa shape index (κ3) is 4.97. The van der Waals surface area contributed by atoms with E-state index in [9.17, 15) is 13.2 Å². The van der Waals surface area contributed by atoms with Crippen LogP contribution in [0.4, 0.5) is 0 Å². The van der Waals surface area contributed by atoms with Crippen molar-refractivity contribution < 1.29 is 13.2 Å². The molecule has 3 N–H and O–H groups in total. The molecule has 0 radical (unpaired) electrons. The highest BCUT2D eigenvalue weighted by Gasteiger charge is 2.25. The number of carbonyl (C=O) groups excluding carboxylic acids is 1. The zero-order valence-corrected chi connectivity index (χ0v) is 16.6. The Bertz CT molecular complexity index is 739. The lowest BCUT2D eigenvalue weighted by molar-refractivity contribution is -0.130. The lowest BCUT2D eigenvalue weighted by Crippen LogP contribution is -2.33. The maximum atomic E-state index is 12.5. The minimum atomic E-state index is -3.57. The molecular formula is C18H28ClN3O3S. The standard InChI is InChI=1S/C18H27N3O3S.ClH/c19-12-14-8-10-21(13-14)18(22)7-9-20-25(23,24)17-6-5-15-3-1-2-4-16(15)11-17;/h5-6,11,14,20H,1-4,7-10,12-13,19H2;1H. The summed E-state index contributed by atoms with van der Waals surface area (Å²) in [7, 11) is -3.57. The Morgan fingerprint density at radius 1 is 1.23 bits per heavy atom. The molecule has 0 spiro atoms. The lowest BCUT2D eigenvalue weighted by atomic mass is 9.92. The first-order valence-electron chi connectivity index (χ1n) is 9.09. The number of rotatable bonds is 6. The predicted octanol–water partition coefficient (Wildman–Crippen LogP) is 1.46. The van der Waals surface area contributed by atoms with E-state index in [1.807, 2.05) is 6.07 Å². The van der Waals surface area contributed by atoms with E-state index in [1.165, 1.54) is 12.0 Å². The predicted molar refractivity (Wildman–Crippen MR) is 104 cm³/mol. The molecular weight excluding hydrogens is 374 g/mol. The molecule has 1 fully saturated rings. The monoisotopic (exact) mass is 401 g/mol. The smallest absolute Gasteiger partial charge is 0.240 e. The van der Waals surface area contributed by atoms with Crippen LogP contribution in [0.5, 0.6) is 0 Å². The number of likely N-dealkylation sites (tertiary alicyclic amines) is 1. The molecule has 0 bridgehead atoms. The van der Waals surface area contributed by atoms with Gasteiger partial charge in [0.25, 0.3) is 0 Å². The summed E-state index contributed by atoms with van der Waals surface area (Å²) >= 11 is 0. The number of hydrogen-bond acceptors (Lipinski definition) is 4. The number of nitrogens with two attached hydrogens (primary N) is 1. The highest BCUT2D eigenvalue weighted by Crippen LogP contribution is 2.24. The lowest BCUT2D eigenvalue weighted by Gasteiger charge is -2.18. The molecule has 3 rings (SSSR count). The van der Waals surface area contributed by atoms with Crippen LogP contribution in [0.2, 0.25) is 0 Å². The van der Waals surface area contributed by atoms with Crippen molar-refractivity contribution in [2.24, 2.45) is 11.7 Å². The van der Waals surface area contributed by atoms with Gasteiger partial charge in [-0.15, -0.1) is 12.4 Å². The van der Waals surface area contributed by atoms with E-state index in [4.69, 9.17) is 5.73 Å². The first-order valence-corrected chi connectivity index (χ1v) is 10.6. The fraction of sp³-hybridized carbons (Fsp3) is 0.611. The van der Waals surface area contributed by atoms with E-state index in [0.29, 0.717) is 23.9 Å². The summed E-state index contributed by atoms with van der Waals surface area (Å²) in [6, 6.07) is 5.37. The molecule has 8 heteroatoms. The molecule has 1 atom stereocenters. The largest absolute Gasteiger partial charge is 0.342 e. The van der Waals surface area contributed by atoms with Crippen LogP contribution in [-0.2, 0) is 27.7 Å². The molecule has 1 aromatic carbocycles. The number of benzene rings is 1. The maximum absolute atomic E-state index is 12.5. The molecule has 1 aromatic rings. The van der Waals surface area contributed by atoms with Crippen LogP contribution in [0.25, 0.3) is 0 Å². The molecule has 1 saturated heterocycles. The molecule has 26 heavy (non-hydrogen) atoms. The Labute approximate surface area is 162 Å². The van der Waals surface area contributed by atoms with Gasteiger partial charge in [0.05, 0.1) is 4.90 Å². The Morgan fingerprint density at radius 2 is 1.96 bits per heavy atom. The second-order valence-corrected chi connectivity index (χ2v) is 8.78. The van der Waals surface area contributed by atoms with Crippen LogP contribution in [0.15, 0.2) is 23.1 Å². The number of halogens is 1. The van der Waals surface area contributed by atoms with Gasteiger partial charge in [0.2, 0.25) is 15.9 Å². The van der Waals surface area contributed by atoms with E-state index in [1.54, 1.807) is 17.0 Å². The normalized spacial score (nSPS) is 19.7. The van der Waals surface area contributed by atoms with Gasteiger partial charge in [-0.1, -0.05) is 6.07 Å². The summed E-state index contributed by atoms with van der Waals surface area (Å²) in [5.74, 6) is 0.361. The zero-order chi connectivity index (χ0) is 17.9. The molecule has 6 nitrogen and oxygen atoms in total. The number of nitrogens with one attached hydrogen (secondary N) is 1. The van der Waals surface area contributed by atoms with Crippen LogP contribution >= 0.6 is 12.4 Å². The summed E-state index contributed by atoms with van der Waals surface area (Å²) in [5, 5.41) is 0. The Kier molecular flexibility index (Phi) is 7.46. The van der Waals surface area contributed by atoms with Gasteiger partial charge in [-0.25, -0.2) is 13.1 Å². The molecule has 0 aromatic heterocycles. The molecule has 1 aliphatic carbocycles. The summed E-state index contributed by atoms with van der Waals surface area (Å²) < 4.78 is 27.5. The number of nitrogens with zero attached hydrogens (tertiary/aromatic N) is 1. The first-order chi connectivity index (χ1) is 12.0. The highest BCUT2D eigenvalue weighted by molar-refractivity contribution is 7.89. The van der Waals surface area contributed by atoms with E-state index in [2.05, 4.69) is 4.72 Å². The van der Waals surface area contributed by atoms with Gasteiger partial charge in [0.1, 0.15) is 0 Å². The second-order valence-electron chi connectivity index (χ2n) is 7.02. The Hall–Kier alpha value is -1.15. The van der Waals surface area contributed by atoms with Crippen LogP contribution < -0.4 is 10.5 Å². The van der Waals surface area contributed by atoms with E-state index in [0.717, 1.165) is 37.8 Å². The van der Waals surface area contributed by atoms with Crippen LogP contribution in [0, 0.1) is 5.92 Å². The van der Waals surface area contributed by atoms with Crippen molar-refractivity contribution in [2.75, 3.05) is 26.2 Å². The fourth-order valence-electron chi connectivity index (χ4n) is 3.66. The summed E-state index contributed by atoms with van der Waals surface area (Å²) in [5.41, 5.74) is 8.02. The third-order valence-electron chi connectivity index (χ3n) is 5.23. The van der Waals surface area contributed by atoms with E-state index in [-0.39, 0.29) is 31.3 Å². The van der Waals surface area contributed by atoms with E-state index < -0.39 is 10.0 Å². The number of carbonyl (C=O) groups is 1. The van der Waals surface area contributed by atoms with Crippen molar-refractivity contribution in [1.82, 2.24) is 9.62 Å². The van der Waals surface area contributed by atoms with Crippen molar-refractivity contribution >= 4 is 28.3 Å². The van der Waals surface area contributed by atoms with Crippen LogP contribution in [-0.4, -0.2) is 45.4 Å². The molecule has 0 saturated carbocycles. The second kappa shape index (κ2) is 9.17. The molecule has 1 heterocycles. The van der Waals surface area contributed by atoms with Gasteiger partial charge < -0.3 is 10.6 Å². The van der Waals surface area contributed by atoms with Crippen molar-refractivity contribution in [1.29, 1.82) is 0 Å². The average molecular weight is 402 g/mol. The Balaban J connectivity index is 0.00000243. The quantitative estimate of drug-likeness (QED) is 0.754. The molecule has 1 unspecified atom stereocenters. The SMILES string of the molecule is Cl.NCC1CCN(C(=O)CCNS(=O)(=O)c2ccc3c(c2)CCCC3)C1. The van der Waals surface area contributed by atoms with Crippen molar-refractivity contribution in [3.8, 4) is 0 Å². The third-order valence-corrected chi connectivity index (χ3v) is 6.69. The number of fused-ring (bicyclic) bond motifs is 1. The number of hydrogen-bond donors (Lipinski definition) is 2. The fourth-order valence-corrected chi connectivity index (χ4v) is 4.74. The summed E-state index contributed by atoms with van der Waals surface area (Å²) in [4.78, 5) is 14.2. The van der Waals surface area contributed by atoms with Crippen LogP contribution in [0.1, 0.15) is 36.8 Å². The number of sulfonamides is 1. The van der Waals surface area contributed by atoms with Gasteiger partial charge in [0, 0.05) is 26.1 Å². The van der Waals surface area contributed by atoms with Gasteiger partial charge >= 0.3 is 0 Å². The molecule has 1 aliphatic heterocycles. The van der Waals surface area contributed by atoms with Crippen LogP contribution in [0.3, 0.4) is 0 Å². The number of aryl methyl sites for hydroxylation is 2. The van der Waals surface area contributed by atoms with Gasteiger partial charge in [-0.05, 0) is 67.8 Å². The molecule has 2 aliphatic rings. The number of amides is 1. The highest BCUT2D eigenvalue weighted by atomic mass is 35.5. The van der Waals surface area contributed by atoms with Crippen molar-refractivity contribution in [3.63, 3.8) is 0 Å². The molecule has 1 amide bonds. The maximum Gasteiger partial charge on any atom is 0.240 e. The van der Waals surface area contributed by atoms with Crippen molar-refractivity contribution in [2.45, 2.75) is 43.4 Å². The minimum absolute atomic E-state index is 0. The van der Waals surface area contributed by atoms with Gasteiger partial charge in [-0.3, -0.25) is 4.79 Å². The zero-order valence-electron chi connectivity index (χ0n) is 14.9. The Morgan fingerprint density at radius 3 is 2.65 bits per heavy atom. The van der Waals surface area contributed by atoms with Crippen molar-refractivity contribution in [3.05, 3.63) is 29.3 Å². The minimum Gasteiger partial charge on any atom is -0.342 e. The average Bonchev–Trinajstić information content (AvgIpc) is 3.10. The molecule has 146 valence electrons. The van der Waals surface area contributed by atoms with Gasteiger partial charge in [0.15, 0.2) is 0 Å². The van der Waals surface area contributed by atoms with Gasteiger partial charge in [-0.2, -0.15) is 0 Å². The summed E-state index contributed by atoms with van der Waals surface area (Å²) in [6.07, 6.45) is 5.36. The topological polar surface area (TPSA) is 92.5 Å².